The maximum atomic E-state index is 14.1. The van der Waals surface area contributed by atoms with Gasteiger partial charge in [-0.05, 0) is 31.5 Å². The first kappa shape index (κ1) is 17.1. The second-order valence-electron chi connectivity index (χ2n) is 6.27. The van der Waals surface area contributed by atoms with Gasteiger partial charge >= 0.3 is 0 Å². The van der Waals surface area contributed by atoms with Crippen LogP contribution < -0.4 is 10.6 Å². The topological polar surface area (TPSA) is 58.2 Å². The molecule has 3 rings (SSSR count). The van der Waals surface area contributed by atoms with Crippen molar-refractivity contribution in [2.45, 2.75) is 19.8 Å². The first-order valence-corrected chi connectivity index (χ1v) is 7.98. The average molecular weight is 344 g/mol. The predicted octanol–water partition coefficient (Wildman–Crippen LogP) is 3.05. The van der Waals surface area contributed by atoms with Crippen molar-refractivity contribution in [1.29, 1.82) is 0 Å². The number of amides is 2. The lowest BCUT2D eigenvalue weighted by atomic mass is 9.87. The number of aryl methyl sites for hydroxylation is 1. The second kappa shape index (κ2) is 6.63. The molecule has 1 aliphatic heterocycles. The number of rotatable bonds is 3. The fourth-order valence-corrected chi connectivity index (χ4v) is 3.10. The molecular weight excluding hydrogens is 326 g/mol. The van der Waals surface area contributed by atoms with Gasteiger partial charge in [-0.25, -0.2) is 8.78 Å². The minimum Gasteiger partial charge on any atom is -0.355 e. The number of nitrogens with one attached hydrogen (secondary N) is 2. The molecule has 4 nitrogen and oxygen atoms in total. The lowest BCUT2D eigenvalue weighted by molar-refractivity contribution is -0.130. The standard InChI is InChI=1S/C19H18F2N2O2/c1-10-4-3-5-12(8-10)13-9-22-18(24)16(13)19(25)23-15-7-6-14(20)11(2)17(15)21/h3-8,13,16H,9H2,1-2H3,(H,22,24)(H,23,25). The number of hydrogen-bond donors (Lipinski definition) is 2. The lowest BCUT2D eigenvalue weighted by Crippen LogP contribution is -2.32. The minimum atomic E-state index is -0.966. The van der Waals surface area contributed by atoms with Crippen molar-refractivity contribution in [3.63, 3.8) is 0 Å². The zero-order chi connectivity index (χ0) is 18.1. The molecule has 6 heteroatoms. The van der Waals surface area contributed by atoms with Gasteiger partial charge in [-0.1, -0.05) is 29.8 Å². The maximum Gasteiger partial charge on any atom is 0.237 e. The zero-order valence-electron chi connectivity index (χ0n) is 13.9. The smallest absolute Gasteiger partial charge is 0.237 e. The molecule has 0 saturated carbocycles. The molecular formula is C19H18F2N2O2. The highest BCUT2D eigenvalue weighted by Gasteiger charge is 2.41. The third-order valence-electron chi connectivity index (χ3n) is 4.51. The van der Waals surface area contributed by atoms with Gasteiger partial charge in [0.15, 0.2) is 5.82 Å². The van der Waals surface area contributed by atoms with E-state index < -0.39 is 29.4 Å². The number of anilines is 1. The molecule has 2 atom stereocenters. The summed E-state index contributed by atoms with van der Waals surface area (Å²) in [5, 5.41) is 5.11. The number of benzene rings is 2. The van der Waals surface area contributed by atoms with E-state index >= 15 is 0 Å². The quantitative estimate of drug-likeness (QED) is 0.841. The van der Waals surface area contributed by atoms with Gasteiger partial charge in [0.2, 0.25) is 11.8 Å². The molecule has 1 saturated heterocycles. The molecule has 1 aliphatic rings. The summed E-state index contributed by atoms with van der Waals surface area (Å²) in [6.07, 6.45) is 0. The van der Waals surface area contributed by atoms with Gasteiger partial charge < -0.3 is 10.6 Å². The van der Waals surface area contributed by atoms with Gasteiger partial charge in [0.05, 0.1) is 5.69 Å². The van der Waals surface area contributed by atoms with Gasteiger partial charge in [0, 0.05) is 18.0 Å². The Morgan fingerprint density at radius 3 is 2.68 bits per heavy atom. The lowest BCUT2D eigenvalue weighted by Gasteiger charge is -2.18. The summed E-state index contributed by atoms with van der Waals surface area (Å²) in [5.74, 6) is -3.83. The molecule has 1 heterocycles. The summed E-state index contributed by atoms with van der Waals surface area (Å²) in [5.41, 5.74) is 1.58. The maximum absolute atomic E-state index is 14.1. The van der Waals surface area contributed by atoms with Crippen LogP contribution in [-0.4, -0.2) is 18.4 Å². The summed E-state index contributed by atoms with van der Waals surface area (Å²) in [7, 11) is 0. The average Bonchev–Trinajstić information content (AvgIpc) is 2.97. The monoisotopic (exact) mass is 344 g/mol. The molecule has 0 aromatic heterocycles. The molecule has 2 aromatic carbocycles. The van der Waals surface area contributed by atoms with Gasteiger partial charge in [-0.15, -0.1) is 0 Å². The van der Waals surface area contributed by atoms with E-state index in [-0.39, 0.29) is 17.2 Å². The van der Waals surface area contributed by atoms with E-state index in [2.05, 4.69) is 10.6 Å². The summed E-state index contributed by atoms with van der Waals surface area (Å²) in [6, 6.07) is 9.82. The van der Waals surface area contributed by atoms with Gasteiger partial charge in [0.1, 0.15) is 11.7 Å². The highest BCUT2D eigenvalue weighted by Crippen LogP contribution is 2.31. The van der Waals surface area contributed by atoms with Crippen LogP contribution >= 0.6 is 0 Å². The van der Waals surface area contributed by atoms with E-state index in [0.29, 0.717) is 6.54 Å². The third kappa shape index (κ3) is 3.24. The molecule has 2 aromatic rings. The van der Waals surface area contributed by atoms with Crippen LogP contribution in [0, 0.1) is 31.4 Å². The molecule has 0 bridgehead atoms. The number of carbonyl (C=O) groups is 2. The summed E-state index contributed by atoms with van der Waals surface area (Å²) in [6.45, 7) is 3.56. The second-order valence-corrected chi connectivity index (χ2v) is 6.27. The SMILES string of the molecule is Cc1cccc(C2CNC(=O)C2C(=O)Nc2ccc(F)c(C)c2F)c1. The van der Waals surface area contributed by atoms with Crippen LogP contribution in [0.25, 0.3) is 0 Å². The van der Waals surface area contributed by atoms with Crippen molar-refractivity contribution >= 4 is 17.5 Å². The zero-order valence-corrected chi connectivity index (χ0v) is 13.9. The van der Waals surface area contributed by atoms with E-state index in [9.17, 15) is 18.4 Å². The molecule has 130 valence electrons. The van der Waals surface area contributed by atoms with Crippen LogP contribution in [0.1, 0.15) is 22.6 Å². The van der Waals surface area contributed by atoms with E-state index in [1.54, 1.807) is 0 Å². The largest absolute Gasteiger partial charge is 0.355 e. The van der Waals surface area contributed by atoms with Crippen LogP contribution in [0.5, 0.6) is 0 Å². The highest BCUT2D eigenvalue weighted by molar-refractivity contribution is 6.08. The molecule has 0 aliphatic carbocycles. The first-order valence-electron chi connectivity index (χ1n) is 7.98. The molecule has 2 N–H and O–H groups in total. The molecule has 2 amide bonds. The normalized spacial score (nSPS) is 19.6. The van der Waals surface area contributed by atoms with E-state index in [1.807, 2.05) is 31.2 Å². The van der Waals surface area contributed by atoms with Crippen molar-refractivity contribution < 1.29 is 18.4 Å². The number of hydrogen-bond acceptors (Lipinski definition) is 2. The Hall–Kier alpha value is -2.76. The Kier molecular flexibility index (Phi) is 4.53. The van der Waals surface area contributed by atoms with Gasteiger partial charge in [0.25, 0.3) is 0 Å². The highest BCUT2D eigenvalue weighted by atomic mass is 19.1. The van der Waals surface area contributed by atoms with Crippen LogP contribution in [0.3, 0.4) is 0 Å². The van der Waals surface area contributed by atoms with Crippen LogP contribution in [0.2, 0.25) is 0 Å². The Morgan fingerprint density at radius 2 is 1.96 bits per heavy atom. The Balaban J connectivity index is 1.87. The fraction of sp³-hybridized carbons (Fsp3) is 0.263. The van der Waals surface area contributed by atoms with Crippen LogP contribution in [-0.2, 0) is 9.59 Å². The van der Waals surface area contributed by atoms with Crippen LogP contribution in [0.4, 0.5) is 14.5 Å². The third-order valence-corrected chi connectivity index (χ3v) is 4.51. The van der Waals surface area contributed by atoms with E-state index in [0.717, 1.165) is 23.3 Å². The Labute approximate surface area is 144 Å². The van der Waals surface area contributed by atoms with Crippen molar-refractivity contribution in [1.82, 2.24) is 5.32 Å². The van der Waals surface area contributed by atoms with Gasteiger partial charge in [-0.2, -0.15) is 0 Å². The molecule has 0 radical (unpaired) electrons. The minimum absolute atomic E-state index is 0.133. The number of halogens is 2. The number of carbonyl (C=O) groups excluding carboxylic acids is 2. The Morgan fingerprint density at radius 1 is 1.20 bits per heavy atom. The molecule has 0 spiro atoms. The fourth-order valence-electron chi connectivity index (χ4n) is 3.10. The summed E-state index contributed by atoms with van der Waals surface area (Å²) >= 11 is 0. The van der Waals surface area contributed by atoms with Crippen molar-refractivity contribution in [2.24, 2.45) is 5.92 Å². The Bertz CT molecular complexity index is 851. The van der Waals surface area contributed by atoms with Crippen molar-refractivity contribution in [3.8, 4) is 0 Å². The predicted molar refractivity (Wildman–Crippen MR) is 90.1 cm³/mol. The molecule has 1 fully saturated rings. The van der Waals surface area contributed by atoms with Crippen LogP contribution in [0.15, 0.2) is 36.4 Å². The summed E-state index contributed by atoms with van der Waals surface area (Å²) in [4.78, 5) is 24.8. The van der Waals surface area contributed by atoms with E-state index in [4.69, 9.17) is 0 Å². The van der Waals surface area contributed by atoms with Crippen molar-refractivity contribution in [3.05, 3.63) is 64.7 Å². The first-order chi connectivity index (χ1) is 11.9. The summed E-state index contributed by atoms with van der Waals surface area (Å²) < 4.78 is 27.5. The van der Waals surface area contributed by atoms with E-state index in [1.165, 1.54) is 6.92 Å². The van der Waals surface area contributed by atoms with Crippen molar-refractivity contribution in [2.75, 3.05) is 11.9 Å². The molecule has 25 heavy (non-hydrogen) atoms. The molecule has 2 unspecified atom stereocenters. The van der Waals surface area contributed by atoms with Gasteiger partial charge in [-0.3, -0.25) is 9.59 Å².